The first-order chi connectivity index (χ1) is 7.87. The highest BCUT2D eigenvalue weighted by atomic mass is 32.2. The lowest BCUT2D eigenvalue weighted by Crippen LogP contribution is -2.49. The molecule has 0 amide bonds. The number of nitrogens with zero attached hydrogens (tertiary/aromatic N) is 1. The monoisotopic (exact) mass is 303 g/mol. The van der Waals surface area contributed by atoms with Crippen LogP contribution in [-0.2, 0) is 10.2 Å². The average molecular weight is 303 g/mol. The predicted molar refractivity (Wildman–Crippen MR) is 49.7 cm³/mol. The summed E-state index contributed by atoms with van der Waals surface area (Å²) >= 11 is 0. The van der Waals surface area contributed by atoms with E-state index in [1.807, 2.05) is 0 Å². The van der Waals surface area contributed by atoms with Gasteiger partial charge in [-0.05, 0) is 0 Å². The number of halogens is 6. The molecule has 0 aliphatic rings. The van der Waals surface area contributed by atoms with Crippen molar-refractivity contribution in [3.05, 3.63) is 0 Å². The summed E-state index contributed by atoms with van der Waals surface area (Å²) in [5.41, 5.74) is 4.90. The summed E-state index contributed by atoms with van der Waals surface area (Å²) in [7, 11) is -4.89. The van der Waals surface area contributed by atoms with Crippen molar-refractivity contribution < 1.29 is 34.8 Å². The molecule has 0 radical (unpaired) electrons. The number of hydrogen-bond acceptors (Lipinski definition) is 3. The molecule has 0 aliphatic carbocycles. The summed E-state index contributed by atoms with van der Waals surface area (Å²) in [4.78, 5) is 0. The van der Waals surface area contributed by atoms with Crippen molar-refractivity contribution in [3.63, 3.8) is 0 Å². The van der Waals surface area contributed by atoms with Gasteiger partial charge in [0.25, 0.3) is 10.2 Å². The summed E-state index contributed by atoms with van der Waals surface area (Å²) in [5, 5.41) is 0. The van der Waals surface area contributed by atoms with Crippen LogP contribution in [0.1, 0.15) is 0 Å². The molecule has 12 heteroatoms. The van der Waals surface area contributed by atoms with E-state index in [2.05, 4.69) is 0 Å². The van der Waals surface area contributed by atoms with Gasteiger partial charge in [-0.3, -0.25) is 0 Å². The normalized spacial score (nSPS) is 14.2. The van der Waals surface area contributed by atoms with Crippen LogP contribution in [0.2, 0.25) is 0 Å². The van der Waals surface area contributed by atoms with Crippen molar-refractivity contribution in [2.24, 2.45) is 5.73 Å². The second-order valence-corrected chi connectivity index (χ2v) is 4.93. The van der Waals surface area contributed by atoms with Gasteiger partial charge < -0.3 is 5.73 Å². The molecule has 0 atom stereocenters. The first-order valence-corrected chi connectivity index (χ1v) is 5.90. The van der Waals surface area contributed by atoms with E-state index in [9.17, 15) is 34.8 Å². The smallest absolute Gasteiger partial charge is 0.329 e. The lowest BCUT2D eigenvalue weighted by Gasteiger charge is -2.23. The van der Waals surface area contributed by atoms with Crippen LogP contribution in [0.3, 0.4) is 0 Å². The first kappa shape index (κ1) is 17.4. The molecule has 18 heavy (non-hydrogen) atoms. The fourth-order valence-electron chi connectivity index (χ4n) is 0.892. The van der Waals surface area contributed by atoms with Crippen molar-refractivity contribution in [1.29, 1.82) is 0 Å². The maximum absolute atomic E-state index is 12.0. The molecule has 0 spiro atoms. The average Bonchev–Trinajstić information content (AvgIpc) is 2.11. The predicted octanol–water partition coefficient (Wildman–Crippen LogP) is 0.206. The molecule has 110 valence electrons. The third-order valence-electron chi connectivity index (χ3n) is 1.53. The van der Waals surface area contributed by atoms with Gasteiger partial charge in [0.2, 0.25) is 0 Å². The Labute approximate surface area is 99.1 Å². The SMILES string of the molecule is NCCN(CC(F)(F)F)S(=O)(=O)NCC(F)(F)F. The topological polar surface area (TPSA) is 75.4 Å². The lowest BCUT2D eigenvalue weighted by atomic mass is 10.5. The van der Waals surface area contributed by atoms with Gasteiger partial charge in [-0.15, -0.1) is 0 Å². The molecule has 0 rings (SSSR count). The van der Waals surface area contributed by atoms with Crippen molar-refractivity contribution in [2.45, 2.75) is 12.4 Å². The van der Waals surface area contributed by atoms with Gasteiger partial charge >= 0.3 is 12.4 Å². The van der Waals surface area contributed by atoms with E-state index in [4.69, 9.17) is 5.73 Å². The van der Waals surface area contributed by atoms with Crippen LogP contribution in [0.5, 0.6) is 0 Å². The Bertz CT molecular complexity index is 351. The number of rotatable bonds is 6. The molecular formula is C6H11F6N3O2S. The van der Waals surface area contributed by atoms with Crippen LogP contribution in [-0.4, -0.2) is 51.3 Å². The van der Waals surface area contributed by atoms with Gasteiger partial charge in [0.15, 0.2) is 0 Å². The van der Waals surface area contributed by atoms with Gasteiger partial charge in [-0.25, -0.2) is 0 Å². The molecule has 0 saturated carbocycles. The van der Waals surface area contributed by atoms with E-state index in [1.54, 1.807) is 0 Å². The van der Waals surface area contributed by atoms with Gasteiger partial charge in [0.05, 0.1) is 0 Å². The van der Waals surface area contributed by atoms with Crippen LogP contribution in [0, 0.1) is 0 Å². The minimum Gasteiger partial charge on any atom is -0.329 e. The molecule has 0 fully saturated rings. The van der Waals surface area contributed by atoms with Crippen molar-refractivity contribution in [3.8, 4) is 0 Å². The van der Waals surface area contributed by atoms with E-state index >= 15 is 0 Å². The van der Waals surface area contributed by atoms with Crippen LogP contribution >= 0.6 is 0 Å². The fourth-order valence-corrected chi connectivity index (χ4v) is 2.08. The molecule has 0 aromatic heterocycles. The minimum atomic E-state index is -4.89. The highest BCUT2D eigenvalue weighted by Crippen LogP contribution is 2.18. The maximum Gasteiger partial charge on any atom is 0.402 e. The molecule has 0 aromatic rings. The minimum absolute atomic E-state index is 0.196. The van der Waals surface area contributed by atoms with E-state index in [0.717, 1.165) is 4.72 Å². The molecule has 0 unspecified atom stereocenters. The number of alkyl halides is 6. The molecule has 0 saturated heterocycles. The zero-order valence-electron chi connectivity index (χ0n) is 8.85. The summed E-state index contributed by atoms with van der Waals surface area (Å²) in [6, 6.07) is 0. The summed E-state index contributed by atoms with van der Waals surface area (Å²) in [6.07, 6.45) is -9.73. The molecule has 0 aromatic carbocycles. The molecule has 0 heterocycles. The van der Waals surface area contributed by atoms with Crippen molar-refractivity contribution in [2.75, 3.05) is 26.2 Å². The van der Waals surface area contributed by atoms with Gasteiger partial charge in [0, 0.05) is 13.1 Å². The second kappa shape index (κ2) is 6.04. The molecule has 0 bridgehead atoms. The Hall–Kier alpha value is -0.590. The third-order valence-corrected chi connectivity index (χ3v) is 3.03. The summed E-state index contributed by atoms with van der Waals surface area (Å²) in [5.74, 6) is 0. The number of nitrogens with one attached hydrogen (secondary N) is 1. The van der Waals surface area contributed by atoms with E-state index < -0.39 is 48.7 Å². The van der Waals surface area contributed by atoms with Crippen LogP contribution < -0.4 is 10.5 Å². The molecule has 3 N–H and O–H groups in total. The fraction of sp³-hybridized carbons (Fsp3) is 1.00. The Morgan fingerprint density at radius 3 is 1.89 bits per heavy atom. The summed E-state index contributed by atoms with van der Waals surface area (Å²) < 4.78 is 94.7. The quantitative estimate of drug-likeness (QED) is 0.689. The lowest BCUT2D eigenvalue weighted by molar-refractivity contribution is -0.136. The Kier molecular flexibility index (Phi) is 5.84. The largest absolute Gasteiger partial charge is 0.402 e. The molecule has 0 aliphatic heterocycles. The van der Waals surface area contributed by atoms with E-state index in [1.165, 1.54) is 0 Å². The Morgan fingerprint density at radius 2 is 1.56 bits per heavy atom. The van der Waals surface area contributed by atoms with Gasteiger partial charge in [-0.1, -0.05) is 0 Å². The third kappa shape index (κ3) is 7.68. The van der Waals surface area contributed by atoms with Gasteiger partial charge in [0.1, 0.15) is 13.1 Å². The standard InChI is InChI=1S/C6H11F6N3O2S/c7-5(8,9)3-14-18(16,17)15(2-1-13)4-6(10,11)12/h14H,1-4,13H2. The highest BCUT2D eigenvalue weighted by Gasteiger charge is 2.37. The number of nitrogens with two attached hydrogens (primary N) is 1. The Morgan fingerprint density at radius 1 is 1.06 bits per heavy atom. The maximum atomic E-state index is 12.0. The van der Waals surface area contributed by atoms with E-state index in [0.29, 0.717) is 0 Å². The van der Waals surface area contributed by atoms with Crippen LogP contribution in [0.15, 0.2) is 0 Å². The Balaban J connectivity index is 4.77. The highest BCUT2D eigenvalue weighted by molar-refractivity contribution is 7.87. The zero-order chi connectivity index (χ0) is 14.6. The summed E-state index contributed by atoms with van der Waals surface area (Å²) in [6.45, 7) is -5.05. The second-order valence-electron chi connectivity index (χ2n) is 3.18. The van der Waals surface area contributed by atoms with Gasteiger partial charge in [-0.2, -0.15) is 43.8 Å². The van der Waals surface area contributed by atoms with Crippen molar-refractivity contribution in [1.82, 2.24) is 9.03 Å². The van der Waals surface area contributed by atoms with Crippen LogP contribution in [0.4, 0.5) is 26.3 Å². The van der Waals surface area contributed by atoms with Crippen LogP contribution in [0.25, 0.3) is 0 Å². The molecular weight excluding hydrogens is 292 g/mol. The first-order valence-electron chi connectivity index (χ1n) is 4.46. The molecule has 5 nitrogen and oxygen atoms in total. The van der Waals surface area contributed by atoms with E-state index in [-0.39, 0.29) is 4.31 Å². The number of hydrogen-bond donors (Lipinski definition) is 2. The van der Waals surface area contributed by atoms with Crippen molar-refractivity contribution >= 4 is 10.2 Å². The zero-order valence-corrected chi connectivity index (χ0v) is 9.66.